The first-order valence-electron chi connectivity index (χ1n) is 21.4. The van der Waals surface area contributed by atoms with Crippen LogP contribution in [-0.2, 0) is 10.1 Å². The maximum atomic E-state index is 10.3. The zero-order valence-corrected chi connectivity index (χ0v) is 33.8. The third-order valence-electron chi connectivity index (χ3n) is 9.72. The molecule has 0 saturated heterocycles. The second kappa shape index (κ2) is 38.1. The molecule has 0 fully saturated rings. The van der Waals surface area contributed by atoms with Crippen molar-refractivity contribution in [3.05, 3.63) is 41.3 Å². The Balaban J connectivity index is 0.00000160. The lowest BCUT2D eigenvalue weighted by Gasteiger charge is -2.22. The number of rotatable bonds is 35. The molecular formula is C44H83NO3S. The van der Waals surface area contributed by atoms with E-state index >= 15 is 0 Å². The molecule has 1 N–H and O–H groups in total. The molecule has 0 saturated carbocycles. The smallest absolute Gasteiger partial charge is 0.287 e. The molecule has 0 radical (unpaired) electrons. The van der Waals surface area contributed by atoms with Gasteiger partial charge in [0.25, 0.3) is 10.1 Å². The predicted molar refractivity (Wildman–Crippen MR) is 219 cm³/mol. The van der Waals surface area contributed by atoms with Gasteiger partial charge in [0, 0.05) is 0 Å². The van der Waals surface area contributed by atoms with Crippen molar-refractivity contribution in [3.63, 3.8) is 0 Å². The first-order chi connectivity index (χ1) is 23.9. The lowest BCUT2D eigenvalue weighted by atomic mass is 10.1. The van der Waals surface area contributed by atoms with Crippen LogP contribution in [0.3, 0.4) is 0 Å². The average molecular weight is 706 g/mol. The Morgan fingerprint density at radius 1 is 0.449 bits per heavy atom. The highest BCUT2D eigenvalue weighted by molar-refractivity contribution is 7.88. The van der Waals surface area contributed by atoms with Gasteiger partial charge in [-0.1, -0.05) is 224 Å². The molecule has 0 amide bonds. The Bertz CT molecular complexity index is 845. The molecule has 0 aliphatic rings. The lowest BCUT2D eigenvalue weighted by Crippen LogP contribution is -2.27. The summed E-state index contributed by atoms with van der Waals surface area (Å²) >= 11 is 0. The number of benzene rings is 1. The van der Waals surface area contributed by atoms with Gasteiger partial charge in [-0.05, 0) is 50.5 Å². The Labute approximate surface area is 307 Å². The molecule has 0 unspecified atom stereocenters. The number of nitrogens with zero attached hydrogens (tertiary/aromatic N) is 1. The van der Waals surface area contributed by atoms with E-state index in [4.69, 9.17) is 4.55 Å². The number of unbranched alkanes of at least 4 members (excludes halogenated alkanes) is 27. The minimum atomic E-state index is -4.00. The van der Waals surface area contributed by atoms with Gasteiger partial charge in [-0.3, -0.25) is 4.55 Å². The van der Waals surface area contributed by atoms with Crippen molar-refractivity contribution >= 4 is 16.2 Å². The third kappa shape index (κ3) is 39.5. The molecule has 0 aromatic heterocycles. The summed E-state index contributed by atoms with van der Waals surface area (Å²) in [7, 11) is -4.00. The van der Waals surface area contributed by atoms with E-state index in [1.165, 1.54) is 218 Å². The van der Waals surface area contributed by atoms with Crippen LogP contribution in [-0.4, -0.2) is 37.5 Å². The van der Waals surface area contributed by atoms with Crippen LogP contribution in [0.4, 0.5) is 0 Å². The van der Waals surface area contributed by atoms with Crippen LogP contribution < -0.4 is 0 Å². The van der Waals surface area contributed by atoms with Gasteiger partial charge in [-0.15, -0.1) is 0 Å². The van der Waals surface area contributed by atoms with E-state index in [0.29, 0.717) is 0 Å². The molecule has 0 aliphatic heterocycles. The van der Waals surface area contributed by atoms with Crippen LogP contribution in [0.2, 0.25) is 0 Å². The molecule has 1 aromatic rings. The monoisotopic (exact) mass is 706 g/mol. The average Bonchev–Trinajstić information content (AvgIpc) is 3.10. The summed E-state index contributed by atoms with van der Waals surface area (Å²) in [6.45, 7) is 11.0. The topological polar surface area (TPSA) is 57.6 Å². The summed E-state index contributed by atoms with van der Waals surface area (Å²) in [5.41, 5.74) is 0.732. The number of hydrogen-bond donors (Lipinski definition) is 1. The van der Waals surface area contributed by atoms with Crippen molar-refractivity contribution in [2.45, 2.75) is 213 Å². The molecule has 0 aliphatic carbocycles. The fourth-order valence-electron chi connectivity index (χ4n) is 6.53. The van der Waals surface area contributed by atoms with E-state index < -0.39 is 10.1 Å². The van der Waals surface area contributed by atoms with Crippen molar-refractivity contribution < 1.29 is 13.0 Å². The van der Waals surface area contributed by atoms with Gasteiger partial charge >= 0.3 is 0 Å². The van der Waals surface area contributed by atoms with Gasteiger partial charge in [-0.25, -0.2) is 0 Å². The Kier molecular flexibility index (Phi) is 37.2. The number of hydrogen-bond acceptors (Lipinski definition) is 3. The van der Waals surface area contributed by atoms with Gasteiger partial charge in [0.2, 0.25) is 0 Å². The van der Waals surface area contributed by atoms with Crippen LogP contribution in [0.5, 0.6) is 0 Å². The molecule has 1 aromatic carbocycles. The minimum Gasteiger partial charge on any atom is -0.303 e. The van der Waals surface area contributed by atoms with E-state index in [1.54, 1.807) is 24.3 Å². The Morgan fingerprint density at radius 3 is 0.980 bits per heavy atom. The van der Waals surface area contributed by atoms with E-state index in [0.717, 1.165) is 11.0 Å². The Morgan fingerprint density at radius 2 is 0.714 bits per heavy atom. The highest BCUT2D eigenvalue weighted by Gasteiger charge is 2.05. The second-order valence-electron chi connectivity index (χ2n) is 14.6. The van der Waals surface area contributed by atoms with Gasteiger partial charge in [0.05, 0.1) is 5.41 Å². The largest absolute Gasteiger partial charge is 0.303 e. The first-order valence-corrected chi connectivity index (χ1v) is 22.9. The minimum absolute atomic E-state index is 0.732. The fraction of sp³-hybridized carbons (Fsp3) is 0.818. The van der Waals surface area contributed by atoms with Crippen molar-refractivity contribution in [2.24, 2.45) is 0 Å². The SMILES string of the molecule is CCCCCCCCCCCCN(CCCCCCCCCCCC)CCCCCCCCCCCC.O=S(=O)(O)C=Cc1ccccc1. The molecule has 5 heteroatoms. The van der Waals surface area contributed by atoms with Gasteiger partial charge in [0.1, 0.15) is 0 Å². The standard InChI is InChI=1S/C36H75N.C8H8O3S/c1-4-7-10-13-16-19-22-25-28-31-34-37(35-32-29-26-23-20-17-14-11-8-5-2)36-33-30-27-24-21-18-15-12-9-6-3;9-12(10,11)7-6-8-4-2-1-3-5-8/h4-36H2,1-3H3;1-7H,(H,9,10,11). The maximum absolute atomic E-state index is 10.3. The van der Waals surface area contributed by atoms with E-state index in [-0.39, 0.29) is 0 Å². The molecule has 49 heavy (non-hydrogen) atoms. The van der Waals surface area contributed by atoms with Crippen molar-refractivity contribution in [1.29, 1.82) is 0 Å². The van der Waals surface area contributed by atoms with Crippen molar-refractivity contribution in [3.8, 4) is 0 Å². The molecule has 0 heterocycles. The molecule has 288 valence electrons. The van der Waals surface area contributed by atoms with Crippen molar-refractivity contribution in [2.75, 3.05) is 19.6 Å². The van der Waals surface area contributed by atoms with Gasteiger partial charge in [0.15, 0.2) is 0 Å². The van der Waals surface area contributed by atoms with Crippen LogP contribution in [0.25, 0.3) is 6.08 Å². The van der Waals surface area contributed by atoms with E-state index in [2.05, 4.69) is 25.7 Å². The maximum Gasteiger partial charge on any atom is 0.287 e. The van der Waals surface area contributed by atoms with Crippen LogP contribution in [0, 0.1) is 0 Å². The summed E-state index contributed by atoms with van der Waals surface area (Å²) in [5, 5.41) is 0.752. The molecular weight excluding hydrogens is 623 g/mol. The van der Waals surface area contributed by atoms with E-state index in [9.17, 15) is 8.42 Å². The molecule has 1 rings (SSSR count). The molecule has 0 bridgehead atoms. The summed E-state index contributed by atoms with van der Waals surface area (Å²) in [5.74, 6) is 0. The zero-order valence-electron chi connectivity index (χ0n) is 33.0. The quantitative estimate of drug-likeness (QED) is 0.0564. The summed E-state index contributed by atoms with van der Waals surface area (Å²) in [6, 6.07) is 8.86. The van der Waals surface area contributed by atoms with E-state index in [1.807, 2.05) is 6.07 Å². The normalized spacial score (nSPS) is 11.8. The predicted octanol–water partition coefficient (Wildman–Crippen LogP) is 14.6. The van der Waals surface area contributed by atoms with Crippen LogP contribution in [0.1, 0.15) is 219 Å². The zero-order chi connectivity index (χ0) is 35.9. The summed E-state index contributed by atoms with van der Waals surface area (Å²) < 4.78 is 28.9. The van der Waals surface area contributed by atoms with Crippen molar-refractivity contribution in [1.82, 2.24) is 4.90 Å². The summed E-state index contributed by atoms with van der Waals surface area (Å²) in [4.78, 5) is 2.85. The van der Waals surface area contributed by atoms with Crippen LogP contribution in [0.15, 0.2) is 35.7 Å². The first kappa shape index (κ1) is 47.8. The fourth-order valence-corrected chi connectivity index (χ4v) is 6.86. The lowest BCUT2D eigenvalue weighted by molar-refractivity contribution is 0.254. The molecule has 0 atom stereocenters. The third-order valence-corrected chi connectivity index (χ3v) is 10.2. The van der Waals surface area contributed by atoms with Gasteiger partial charge in [-0.2, -0.15) is 8.42 Å². The Hall–Kier alpha value is -1.17. The highest BCUT2D eigenvalue weighted by atomic mass is 32.2. The van der Waals surface area contributed by atoms with Gasteiger partial charge < -0.3 is 4.90 Å². The second-order valence-corrected chi connectivity index (χ2v) is 15.9. The summed E-state index contributed by atoms with van der Waals surface area (Å²) in [6.07, 6.45) is 44.9. The van der Waals surface area contributed by atoms with Crippen LogP contribution >= 0.6 is 0 Å². The molecule has 4 nitrogen and oxygen atoms in total. The molecule has 0 spiro atoms. The highest BCUT2D eigenvalue weighted by Crippen LogP contribution is 2.15.